The monoisotopic (exact) mass is 293 g/mol. The topological polar surface area (TPSA) is 74.7 Å². The molecular formula is C9H11NO4S3. The quantitative estimate of drug-likeness (QED) is 0.897. The number of sulfonamides is 1. The van der Waals surface area contributed by atoms with Crippen molar-refractivity contribution in [2.24, 2.45) is 0 Å². The fraction of sp³-hybridized carbons (Fsp3) is 0.444. The van der Waals surface area contributed by atoms with Gasteiger partial charge in [-0.05, 0) is 11.4 Å². The van der Waals surface area contributed by atoms with Crippen molar-refractivity contribution in [1.82, 2.24) is 4.31 Å². The van der Waals surface area contributed by atoms with Crippen molar-refractivity contribution < 1.29 is 18.3 Å². The van der Waals surface area contributed by atoms with Crippen LogP contribution >= 0.6 is 23.1 Å². The summed E-state index contributed by atoms with van der Waals surface area (Å²) in [6.07, 6.45) is 0. The van der Waals surface area contributed by atoms with E-state index >= 15 is 0 Å². The van der Waals surface area contributed by atoms with Crippen LogP contribution in [0, 0.1) is 0 Å². The van der Waals surface area contributed by atoms with Gasteiger partial charge in [0.15, 0.2) is 0 Å². The SMILES string of the molecule is O=C(O)C1CSCCN1S(=O)(=O)c1cccs1. The average Bonchev–Trinajstić information content (AvgIpc) is 2.83. The molecule has 1 saturated heterocycles. The number of carboxylic acids is 1. The van der Waals surface area contributed by atoms with E-state index in [0.29, 0.717) is 11.5 Å². The lowest BCUT2D eigenvalue weighted by Crippen LogP contribution is -2.49. The summed E-state index contributed by atoms with van der Waals surface area (Å²) in [5.41, 5.74) is 0. The molecule has 0 saturated carbocycles. The van der Waals surface area contributed by atoms with Gasteiger partial charge in [0.25, 0.3) is 10.0 Å². The van der Waals surface area contributed by atoms with E-state index in [1.165, 1.54) is 17.8 Å². The van der Waals surface area contributed by atoms with Crippen molar-refractivity contribution in [2.75, 3.05) is 18.1 Å². The zero-order valence-corrected chi connectivity index (χ0v) is 11.2. The lowest BCUT2D eigenvalue weighted by Gasteiger charge is -2.30. The van der Waals surface area contributed by atoms with Crippen LogP contribution in [0.15, 0.2) is 21.7 Å². The molecule has 1 unspecified atom stereocenters. The van der Waals surface area contributed by atoms with Crippen LogP contribution < -0.4 is 0 Å². The highest BCUT2D eigenvalue weighted by atomic mass is 32.2. The Bertz CT molecular complexity index is 496. The molecule has 8 heteroatoms. The highest BCUT2D eigenvalue weighted by Crippen LogP contribution is 2.27. The summed E-state index contributed by atoms with van der Waals surface area (Å²) in [7, 11) is -3.66. The van der Waals surface area contributed by atoms with Crippen molar-refractivity contribution in [2.45, 2.75) is 10.3 Å². The van der Waals surface area contributed by atoms with Crippen LogP contribution in [0.25, 0.3) is 0 Å². The summed E-state index contributed by atoms with van der Waals surface area (Å²) in [5, 5.41) is 10.7. The van der Waals surface area contributed by atoms with Gasteiger partial charge in [0.2, 0.25) is 0 Å². The van der Waals surface area contributed by atoms with E-state index in [2.05, 4.69) is 0 Å². The molecule has 1 aromatic heterocycles. The molecule has 17 heavy (non-hydrogen) atoms. The number of hydrogen-bond donors (Lipinski definition) is 1. The van der Waals surface area contributed by atoms with Gasteiger partial charge in [-0.2, -0.15) is 16.1 Å². The molecule has 94 valence electrons. The minimum Gasteiger partial charge on any atom is -0.480 e. The fourth-order valence-electron chi connectivity index (χ4n) is 1.60. The number of carbonyl (C=O) groups is 1. The van der Waals surface area contributed by atoms with Crippen molar-refractivity contribution in [3.8, 4) is 0 Å². The molecule has 2 heterocycles. The Balaban J connectivity index is 2.34. The third-order valence-electron chi connectivity index (χ3n) is 2.42. The number of hydrogen-bond acceptors (Lipinski definition) is 5. The van der Waals surface area contributed by atoms with Gasteiger partial charge >= 0.3 is 5.97 Å². The fourth-order valence-corrected chi connectivity index (χ4v) is 5.55. The lowest BCUT2D eigenvalue weighted by atomic mass is 10.3. The molecule has 0 radical (unpaired) electrons. The molecule has 0 spiro atoms. The van der Waals surface area contributed by atoms with E-state index < -0.39 is 22.0 Å². The molecule has 0 aromatic carbocycles. The van der Waals surface area contributed by atoms with Crippen molar-refractivity contribution in [3.05, 3.63) is 17.5 Å². The van der Waals surface area contributed by atoms with Crippen molar-refractivity contribution in [1.29, 1.82) is 0 Å². The van der Waals surface area contributed by atoms with Crippen LogP contribution in [0.2, 0.25) is 0 Å². The van der Waals surface area contributed by atoms with E-state index in [4.69, 9.17) is 5.11 Å². The first kappa shape index (κ1) is 12.9. The Hall–Kier alpha value is -0.570. The Morgan fingerprint density at radius 3 is 2.88 bits per heavy atom. The summed E-state index contributed by atoms with van der Waals surface area (Å²) in [5.74, 6) is -0.147. The molecular weight excluding hydrogens is 282 g/mol. The van der Waals surface area contributed by atoms with E-state index in [1.54, 1.807) is 11.4 Å². The van der Waals surface area contributed by atoms with Crippen LogP contribution in [0.4, 0.5) is 0 Å². The van der Waals surface area contributed by atoms with E-state index in [1.807, 2.05) is 0 Å². The van der Waals surface area contributed by atoms with Gasteiger partial charge in [0.05, 0.1) is 0 Å². The highest BCUT2D eigenvalue weighted by molar-refractivity contribution is 7.99. The molecule has 1 atom stereocenters. The zero-order chi connectivity index (χ0) is 12.5. The molecule has 1 aliphatic heterocycles. The van der Waals surface area contributed by atoms with Gasteiger partial charge in [0.1, 0.15) is 10.3 Å². The summed E-state index contributed by atoms with van der Waals surface area (Å²) >= 11 is 2.57. The van der Waals surface area contributed by atoms with Crippen LogP contribution in [-0.2, 0) is 14.8 Å². The molecule has 0 bridgehead atoms. The second-order valence-corrected chi connectivity index (χ2v) is 7.69. The van der Waals surface area contributed by atoms with Gasteiger partial charge in [-0.15, -0.1) is 11.3 Å². The normalized spacial score (nSPS) is 22.5. The second-order valence-electron chi connectivity index (χ2n) is 3.48. The van der Waals surface area contributed by atoms with Crippen LogP contribution in [0.5, 0.6) is 0 Å². The summed E-state index contributed by atoms with van der Waals surface area (Å²) in [4.78, 5) is 11.1. The van der Waals surface area contributed by atoms with E-state index in [9.17, 15) is 13.2 Å². The van der Waals surface area contributed by atoms with Gasteiger partial charge in [-0.1, -0.05) is 6.07 Å². The van der Waals surface area contributed by atoms with Gasteiger partial charge in [-0.3, -0.25) is 4.79 Å². The van der Waals surface area contributed by atoms with Crippen molar-refractivity contribution >= 4 is 39.1 Å². The number of aliphatic carboxylic acids is 1. The summed E-state index contributed by atoms with van der Waals surface area (Å²) in [6, 6.07) is 2.19. The third kappa shape index (κ3) is 2.49. The maximum Gasteiger partial charge on any atom is 0.322 e. The molecule has 2 rings (SSSR count). The van der Waals surface area contributed by atoms with Crippen molar-refractivity contribution in [3.63, 3.8) is 0 Å². The smallest absolute Gasteiger partial charge is 0.322 e. The number of thioether (sulfide) groups is 1. The number of carboxylic acid groups (broad SMARTS) is 1. The van der Waals surface area contributed by atoms with Crippen LogP contribution in [0.3, 0.4) is 0 Å². The zero-order valence-electron chi connectivity index (χ0n) is 8.77. The minimum atomic E-state index is -3.66. The standard InChI is InChI=1S/C9H11NO4S3/c11-9(12)7-6-15-5-3-10(7)17(13,14)8-2-1-4-16-8/h1-2,4,7H,3,5-6H2,(H,11,12). The van der Waals surface area contributed by atoms with E-state index in [0.717, 1.165) is 15.6 Å². The maximum atomic E-state index is 12.2. The Kier molecular flexibility index (Phi) is 3.76. The predicted octanol–water partition coefficient (Wildman–Crippen LogP) is 0.939. The molecule has 0 amide bonds. The number of thiophene rings is 1. The first-order valence-corrected chi connectivity index (χ1v) is 8.37. The molecule has 0 aliphatic carbocycles. The van der Waals surface area contributed by atoms with Gasteiger partial charge in [-0.25, -0.2) is 8.42 Å². The maximum absolute atomic E-state index is 12.2. The Morgan fingerprint density at radius 2 is 2.29 bits per heavy atom. The molecule has 1 aliphatic rings. The molecule has 1 aromatic rings. The largest absolute Gasteiger partial charge is 0.480 e. The summed E-state index contributed by atoms with van der Waals surface area (Å²) < 4.78 is 25.8. The molecule has 1 N–H and O–H groups in total. The molecule has 1 fully saturated rings. The Morgan fingerprint density at radius 1 is 1.53 bits per heavy atom. The number of rotatable bonds is 3. The third-order valence-corrected chi connectivity index (χ3v) is 6.73. The highest BCUT2D eigenvalue weighted by Gasteiger charge is 2.38. The molecule has 5 nitrogen and oxygen atoms in total. The van der Waals surface area contributed by atoms with E-state index in [-0.39, 0.29) is 10.8 Å². The minimum absolute atomic E-state index is 0.204. The first-order valence-electron chi connectivity index (χ1n) is 4.89. The Labute approximate surface area is 107 Å². The van der Waals surface area contributed by atoms with Gasteiger partial charge < -0.3 is 5.11 Å². The first-order chi connectivity index (χ1) is 8.03. The summed E-state index contributed by atoms with van der Waals surface area (Å²) in [6.45, 7) is 0.252. The average molecular weight is 293 g/mol. The lowest BCUT2D eigenvalue weighted by molar-refractivity contribution is -0.140. The second kappa shape index (κ2) is 4.97. The van der Waals surface area contributed by atoms with Crippen LogP contribution in [0.1, 0.15) is 0 Å². The predicted molar refractivity (Wildman–Crippen MR) is 67.0 cm³/mol. The number of nitrogens with zero attached hydrogens (tertiary/aromatic N) is 1. The van der Waals surface area contributed by atoms with Crippen LogP contribution in [-0.4, -0.2) is 47.9 Å². The van der Waals surface area contributed by atoms with Gasteiger partial charge in [0, 0.05) is 18.1 Å².